The SMILES string of the molecule is C=CC[N+](C)(CCCCCCCC)CC(=C)C. The van der Waals surface area contributed by atoms with E-state index in [9.17, 15) is 0 Å². The van der Waals surface area contributed by atoms with E-state index in [0.717, 1.165) is 17.6 Å². The molecule has 100 valence electrons. The van der Waals surface area contributed by atoms with Gasteiger partial charge in [0.1, 0.15) is 0 Å². The maximum atomic E-state index is 4.04. The van der Waals surface area contributed by atoms with Crippen molar-refractivity contribution in [1.29, 1.82) is 0 Å². The van der Waals surface area contributed by atoms with Crippen molar-refractivity contribution < 1.29 is 4.48 Å². The Morgan fingerprint density at radius 1 is 1.12 bits per heavy atom. The Labute approximate surface area is 109 Å². The summed E-state index contributed by atoms with van der Waals surface area (Å²) in [7, 11) is 2.32. The number of rotatable bonds is 11. The molecule has 0 spiro atoms. The molecule has 0 saturated heterocycles. The number of quaternary nitrogens is 1. The van der Waals surface area contributed by atoms with Crippen molar-refractivity contribution in [3.05, 3.63) is 24.8 Å². The average Bonchev–Trinajstić information content (AvgIpc) is 2.22. The second kappa shape index (κ2) is 9.47. The monoisotopic (exact) mass is 238 g/mol. The summed E-state index contributed by atoms with van der Waals surface area (Å²) in [5, 5.41) is 0. The van der Waals surface area contributed by atoms with Crippen LogP contribution < -0.4 is 0 Å². The quantitative estimate of drug-likeness (QED) is 0.281. The third kappa shape index (κ3) is 9.17. The van der Waals surface area contributed by atoms with E-state index in [0.29, 0.717) is 0 Å². The summed E-state index contributed by atoms with van der Waals surface area (Å²) in [5.41, 5.74) is 1.28. The van der Waals surface area contributed by atoms with E-state index in [1.54, 1.807) is 0 Å². The molecule has 0 N–H and O–H groups in total. The lowest BCUT2D eigenvalue weighted by molar-refractivity contribution is -0.899. The molecule has 0 saturated carbocycles. The second-order valence-electron chi connectivity index (χ2n) is 5.70. The Kier molecular flexibility index (Phi) is 9.16. The highest BCUT2D eigenvalue weighted by Crippen LogP contribution is 2.12. The van der Waals surface area contributed by atoms with Gasteiger partial charge < -0.3 is 4.48 Å². The third-order valence-corrected chi connectivity index (χ3v) is 3.27. The van der Waals surface area contributed by atoms with Crippen LogP contribution in [0.1, 0.15) is 52.4 Å². The van der Waals surface area contributed by atoms with Gasteiger partial charge in [-0.05, 0) is 31.4 Å². The molecule has 0 rings (SSSR count). The zero-order chi connectivity index (χ0) is 13.1. The van der Waals surface area contributed by atoms with Crippen LogP contribution in [-0.2, 0) is 0 Å². The van der Waals surface area contributed by atoms with Crippen molar-refractivity contribution in [2.75, 3.05) is 26.7 Å². The Balaban J connectivity index is 3.83. The largest absolute Gasteiger partial charge is 0.319 e. The minimum atomic E-state index is 1.06. The van der Waals surface area contributed by atoms with E-state index in [1.165, 1.54) is 50.6 Å². The van der Waals surface area contributed by atoms with Crippen molar-refractivity contribution in [3.8, 4) is 0 Å². The zero-order valence-electron chi connectivity index (χ0n) is 12.3. The van der Waals surface area contributed by atoms with Gasteiger partial charge in [-0.3, -0.25) is 0 Å². The van der Waals surface area contributed by atoms with Crippen LogP contribution in [0.5, 0.6) is 0 Å². The molecule has 0 aromatic heterocycles. The van der Waals surface area contributed by atoms with Crippen LogP contribution in [0, 0.1) is 0 Å². The number of hydrogen-bond acceptors (Lipinski definition) is 0. The molecule has 0 bridgehead atoms. The van der Waals surface area contributed by atoms with Gasteiger partial charge in [-0.1, -0.05) is 45.8 Å². The molecule has 1 nitrogen and oxygen atoms in total. The van der Waals surface area contributed by atoms with E-state index in [4.69, 9.17) is 0 Å². The first-order chi connectivity index (χ1) is 8.04. The minimum absolute atomic E-state index is 1.06. The molecule has 0 radical (unpaired) electrons. The van der Waals surface area contributed by atoms with Crippen LogP contribution in [0.2, 0.25) is 0 Å². The predicted molar refractivity (Wildman–Crippen MR) is 79.2 cm³/mol. The number of unbranched alkanes of at least 4 members (excludes halogenated alkanes) is 5. The highest BCUT2D eigenvalue weighted by molar-refractivity contribution is 4.88. The summed E-state index contributed by atoms with van der Waals surface area (Å²) >= 11 is 0. The standard InChI is InChI=1S/C16H32N/c1-6-8-9-10-11-12-14-17(5,13-7-2)15-16(3)4/h7H,2-3,6,8-15H2,1,4-5H3/q+1. The van der Waals surface area contributed by atoms with Crippen LogP contribution in [0.3, 0.4) is 0 Å². The Bertz CT molecular complexity index is 220. The summed E-state index contributed by atoms with van der Waals surface area (Å²) in [6.07, 6.45) is 10.3. The summed E-state index contributed by atoms with van der Waals surface area (Å²) in [5.74, 6) is 0. The number of likely N-dealkylation sites (N-methyl/N-ethyl adjacent to an activating group) is 1. The van der Waals surface area contributed by atoms with Gasteiger partial charge in [-0.2, -0.15) is 0 Å². The molecule has 0 aliphatic carbocycles. The number of nitrogens with zero attached hydrogens (tertiary/aromatic N) is 1. The van der Waals surface area contributed by atoms with Crippen molar-refractivity contribution in [2.24, 2.45) is 0 Å². The minimum Gasteiger partial charge on any atom is -0.319 e. The van der Waals surface area contributed by atoms with Crippen LogP contribution in [0.15, 0.2) is 24.8 Å². The molecule has 0 aliphatic rings. The maximum absolute atomic E-state index is 4.04. The highest BCUT2D eigenvalue weighted by atomic mass is 15.3. The number of hydrogen-bond donors (Lipinski definition) is 0. The molecule has 1 heteroatoms. The van der Waals surface area contributed by atoms with Gasteiger partial charge >= 0.3 is 0 Å². The van der Waals surface area contributed by atoms with E-state index in [1.807, 2.05) is 6.08 Å². The van der Waals surface area contributed by atoms with Gasteiger partial charge in [0.25, 0.3) is 0 Å². The van der Waals surface area contributed by atoms with Crippen molar-refractivity contribution in [3.63, 3.8) is 0 Å². The maximum Gasteiger partial charge on any atom is 0.0998 e. The first kappa shape index (κ1) is 16.4. The highest BCUT2D eigenvalue weighted by Gasteiger charge is 2.18. The van der Waals surface area contributed by atoms with Gasteiger partial charge in [-0.25, -0.2) is 0 Å². The molecule has 0 aromatic rings. The lowest BCUT2D eigenvalue weighted by Crippen LogP contribution is -2.45. The van der Waals surface area contributed by atoms with Crippen LogP contribution in [-0.4, -0.2) is 31.2 Å². The van der Waals surface area contributed by atoms with Crippen molar-refractivity contribution >= 4 is 0 Å². The summed E-state index contributed by atoms with van der Waals surface area (Å²) in [6.45, 7) is 15.7. The molecule has 0 heterocycles. The molecule has 0 aliphatic heterocycles. The van der Waals surface area contributed by atoms with E-state index in [2.05, 4.69) is 34.1 Å². The van der Waals surface area contributed by atoms with Crippen LogP contribution in [0.4, 0.5) is 0 Å². The third-order valence-electron chi connectivity index (χ3n) is 3.27. The average molecular weight is 238 g/mol. The smallest absolute Gasteiger partial charge is 0.0998 e. The normalized spacial score (nSPS) is 14.3. The molecule has 17 heavy (non-hydrogen) atoms. The lowest BCUT2D eigenvalue weighted by Gasteiger charge is -2.34. The molecule has 1 unspecified atom stereocenters. The molecule has 1 atom stereocenters. The van der Waals surface area contributed by atoms with Gasteiger partial charge in [-0.15, -0.1) is 0 Å². The van der Waals surface area contributed by atoms with E-state index >= 15 is 0 Å². The molecule has 0 aromatic carbocycles. The Morgan fingerprint density at radius 3 is 2.24 bits per heavy atom. The van der Waals surface area contributed by atoms with Crippen LogP contribution >= 0.6 is 0 Å². The predicted octanol–water partition coefficient (Wildman–Crippen LogP) is 4.56. The fraction of sp³-hybridized carbons (Fsp3) is 0.750. The molecular weight excluding hydrogens is 206 g/mol. The first-order valence-corrected chi connectivity index (χ1v) is 7.13. The summed E-state index contributed by atoms with van der Waals surface area (Å²) in [6, 6.07) is 0. The molecule has 0 amide bonds. The molecule has 0 fully saturated rings. The fourth-order valence-corrected chi connectivity index (χ4v) is 2.47. The van der Waals surface area contributed by atoms with Gasteiger partial charge in [0, 0.05) is 0 Å². The topological polar surface area (TPSA) is 0 Å². The lowest BCUT2D eigenvalue weighted by atomic mass is 10.1. The first-order valence-electron chi connectivity index (χ1n) is 7.13. The van der Waals surface area contributed by atoms with Crippen molar-refractivity contribution in [2.45, 2.75) is 52.4 Å². The second-order valence-corrected chi connectivity index (χ2v) is 5.70. The van der Waals surface area contributed by atoms with Crippen LogP contribution in [0.25, 0.3) is 0 Å². The Morgan fingerprint density at radius 2 is 1.71 bits per heavy atom. The van der Waals surface area contributed by atoms with Gasteiger partial charge in [0.2, 0.25) is 0 Å². The Hall–Kier alpha value is -0.560. The van der Waals surface area contributed by atoms with Crippen molar-refractivity contribution in [1.82, 2.24) is 0 Å². The zero-order valence-corrected chi connectivity index (χ0v) is 12.3. The summed E-state index contributed by atoms with van der Waals surface area (Å²) < 4.78 is 1.08. The molecular formula is C16H32N+. The summed E-state index contributed by atoms with van der Waals surface area (Å²) in [4.78, 5) is 0. The van der Waals surface area contributed by atoms with Gasteiger partial charge in [0.15, 0.2) is 0 Å². The van der Waals surface area contributed by atoms with Gasteiger partial charge in [0.05, 0.1) is 26.7 Å². The van der Waals surface area contributed by atoms with E-state index < -0.39 is 0 Å². The van der Waals surface area contributed by atoms with E-state index in [-0.39, 0.29) is 0 Å². The fourth-order valence-electron chi connectivity index (χ4n) is 2.47.